The summed E-state index contributed by atoms with van der Waals surface area (Å²) < 4.78 is 56.8. The summed E-state index contributed by atoms with van der Waals surface area (Å²) in [5, 5.41) is 16.6. The summed E-state index contributed by atoms with van der Waals surface area (Å²) in [6, 6.07) is 9.65. The molecule has 2 atom stereocenters. The lowest BCUT2D eigenvalue weighted by molar-refractivity contribution is 0.0825. The maximum absolute atomic E-state index is 13.8. The molecule has 0 bridgehead atoms. The summed E-state index contributed by atoms with van der Waals surface area (Å²) in [6.07, 6.45) is 1.60. The van der Waals surface area contributed by atoms with Gasteiger partial charge < -0.3 is 20.2 Å². The number of amides is 1. The second-order valence-electron chi connectivity index (χ2n) is 8.68. The maximum Gasteiger partial charge on any atom is 0.311 e. The zero-order valence-corrected chi connectivity index (χ0v) is 21.6. The molecule has 0 saturated carbocycles. The van der Waals surface area contributed by atoms with Gasteiger partial charge in [0.25, 0.3) is 5.91 Å². The molecule has 3 N–H and O–H groups in total. The zero-order chi connectivity index (χ0) is 27.2. The number of aliphatic hydroxyl groups is 1. The van der Waals surface area contributed by atoms with Gasteiger partial charge >= 0.3 is 6.01 Å². The minimum Gasteiger partial charge on any atom is -0.430 e. The number of anilines is 1. The van der Waals surface area contributed by atoms with Gasteiger partial charge in [-0.15, -0.1) is 0 Å². The van der Waals surface area contributed by atoms with Crippen LogP contribution in [0, 0.1) is 11.6 Å². The van der Waals surface area contributed by atoms with Crippen LogP contribution < -0.4 is 14.9 Å². The summed E-state index contributed by atoms with van der Waals surface area (Å²) in [6.45, 7) is 2.58. The van der Waals surface area contributed by atoms with Crippen molar-refractivity contribution in [3.8, 4) is 0 Å². The van der Waals surface area contributed by atoms with Gasteiger partial charge in [-0.25, -0.2) is 21.5 Å². The predicted octanol–water partition coefficient (Wildman–Crippen LogP) is 2.40. The Bertz CT molecular complexity index is 1310. The van der Waals surface area contributed by atoms with Crippen LogP contribution in [0.3, 0.4) is 0 Å². The Balaban J connectivity index is 1.73. The first kappa shape index (κ1) is 28.2. The van der Waals surface area contributed by atoms with Gasteiger partial charge in [-0.3, -0.25) is 4.79 Å². The first-order valence-electron chi connectivity index (χ1n) is 11.6. The van der Waals surface area contributed by atoms with Gasteiger partial charge in [0, 0.05) is 26.2 Å². The smallest absolute Gasteiger partial charge is 0.311 e. The molecular formula is C25H30F2N4O5S. The van der Waals surface area contributed by atoms with E-state index in [9.17, 15) is 27.1 Å². The molecule has 12 heteroatoms. The van der Waals surface area contributed by atoms with Gasteiger partial charge in [-0.1, -0.05) is 31.2 Å². The van der Waals surface area contributed by atoms with Gasteiger partial charge in [0.1, 0.15) is 17.9 Å². The van der Waals surface area contributed by atoms with Gasteiger partial charge in [0.05, 0.1) is 18.4 Å². The van der Waals surface area contributed by atoms with Crippen LogP contribution in [0.25, 0.3) is 0 Å². The average molecular weight is 537 g/mol. The molecule has 3 aromatic rings. The highest BCUT2D eigenvalue weighted by Crippen LogP contribution is 2.16. The van der Waals surface area contributed by atoms with Crippen molar-refractivity contribution in [1.29, 1.82) is 0 Å². The van der Waals surface area contributed by atoms with Crippen LogP contribution in [0.15, 0.2) is 53.1 Å². The van der Waals surface area contributed by atoms with E-state index < -0.39 is 39.7 Å². The van der Waals surface area contributed by atoms with E-state index in [2.05, 4.69) is 22.5 Å². The molecule has 1 heterocycles. The molecular weight excluding hydrogens is 506 g/mol. The van der Waals surface area contributed by atoms with Crippen LogP contribution in [0.1, 0.15) is 34.1 Å². The molecule has 3 rings (SSSR count). The Hall–Kier alpha value is -3.35. The van der Waals surface area contributed by atoms with Crippen molar-refractivity contribution in [1.82, 2.24) is 15.6 Å². The van der Waals surface area contributed by atoms with Crippen LogP contribution in [0.2, 0.25) is 0 Å². The third-order valence-electron chi connectivity index (χ3n) is 5.73. The average Bonchev–Trinajstić information content (AvgIpc) is 3.32. The molecule has 0 fully saturated rings. The standard InChI is InChI=1S/C25H30F2N4O5S/c1-4-16-6-5-7-17(8-16)13-28-14-23(32)21(11-18-9-19(26)12-20(27)10-18)29-24(33)22-15-36-25(30-22)31(2)37(3,34)35/h5-10,12,15,21,23,28,32H,4,11,13-14H2,1-3H3,(H,29,33)/t21-,23-/m0/s1. The minimum atomic E-state index is -3.67. The number of benzene rings is 2. The van der Waals surface area contributed by atoms with E-state index in [1.54, 1.807) is 0 Å². The van der Waals surface area contributed by atoms with Crippen LogP contribution in [0.4, 0.5) is 14.8 Å². The van der Waals surface area contributed by atoms with E-state index in [0.717, 1.165) is 47.0 Å². The highest BCUT2D eigenvalue weighted by Gasteiger charge is 2.26. The molecule has 0 aliphatic rings. The number of oxazole rings is 1. The molecule has 1 amide bonds. The van der Waals surface area contributed by atoms with Crippen molar-refractivity contribution in [2.24, 2.45) is 0 Å². The molecule has 0 spiro atoms. The summed E-state index contributed by atoms with van der Waals surface area (Å²) in [4.78, 5) is 16.7. The maximum atomic E-state index is 13.8. The fourth-order valence-electron chi connectivity index (χ4n) is 3.63. The summed E-state index contributed by atoms with van der Waals surface area (Å²) in [5.41, 5.74) is 2.20. The number of hydrogen-bond donors (Lipinski definition) is 3. The highest BCUT2D eigenvalue weighted by molar-refractivity contribution is 7.92. The third-order valence-corrected chi connectivity index (χ3v) is 6.88. The molecule has 0 unspecified atom stereocenters. The van der Waals surface area contributed by atoms with Crippen molar-refractivity contribution >= 4 is 21.9 Å². The van der Waals surface area contributed by atoms with Crippen LogP contribution in [-0.4, -0.2) is 56.4 Å². The number of carbonyl (C=O) groups is 1. The molecule has 1 aromatic heterocycles. The molecule has 200 valence electrons. The summed E-state index contributed by atoms with van der Waals surface area (Å²) >= 11 is 0. The van der Waals surface area contributed by atoms with E-state index in [1.165, 1.54) is 12.6 Å². The van der Waals surface area contributed by atoms with Crippen LogP contribution in [-0.2, 0) is 29.4 Å². The van der Waals surface area contributed by atoms with Crippen LogP contribution in [0.5, 0.6) is 0 Å². The monoisotopic (exact) mass is 536 g/mol. The van der Waals surface area contributed by atoms with Crippen molar-refractivity contribution in [2.45, 2.75) is 38.5 Å². The Labute approximate surface area is 214 Å². The molecule has 0 saturated heterocycles. The number of rotatable bonds is 12. The lowest BCUT2D eigenvalue weighted by Gasteiger charge is -2.24. The second-order valence-corrected chi connectivity index (χ2v) is 10.7. The number of halogens is 2. The predicted molar refractivity (Wildman–Crippen MR) is 135 cm³/mol. The van der Waals surface area contributed by atoms with Gasteiger partial charge in [-0.05, 0) is 41.7 Å². The van der Waals surface area contributed by atoms with E-state index in [-0.39, 0.29) is 30.2 Å². The van der Waals surface area contributed by atoms with Crippen molar-refractivity contribution in [3.63, 3.8) is 0 Å². The molecule has 9 nitrogen and oxygen atoms in total. The lowest BCUT2D eigenvalue weighted by Crippen LogP contribution is -2.48. The quantitative estimate of drug-likeness (QED) is 0.325. The Kier molecular flexibility index (Phi) is 9.35. The third kappa shape index (κ3) is 8.07. The first-order valence-corrected chi connectivity index (χ1v) is 13.4. The van der Waals surface area contributed by atoms with Gasteiger partial charge in [0.15, 0.2) is 5.69 Å². The number of aromatic nitrogens is 1. The molecule has 37 heavy (non-hydrogen) atoms. The number of nitrogens with zero attached hydrogens (tertiary/aromatic N) is 2. The molecule has 0 aliphatic heterocycles. The highest BCUT2D eigenvalue weighted by atomic mass is 32.2. The topological polar surface area (TPSA) is 125 Å². The first-order chi connectivity index (χ1) is 17.5. The summed E-state index contributed by atoms with van der Waals surface area (Å²) in [7, 11) is -2.45. The Morgan fingerprint density at radius 1 is 1.14 bits per heavy atom. The van der Waals surface area contributed by atoms with Gasteiger partial charge in [0.2, 0.25) is 10.0 Å². The Morgan fingerprint density at radius 2 is 1.81 bits per heavy atom. The fraction of sp³-hybridized carbons (Fsp3) is 0.360. The number of carbonyl (C=O) groups excluding carboxylic acids is 1. The normalized spacial score (nSPS) is 13.2. The lowest BCUT2D eigenvalue weighted by atomic mass is 10.00. The van der Waals surface area contributed by atoms with Crippen LogP contribution >= 0.6 is 0 Å². The zero-order valence-electron chi connectivity index (χ0n) is 20.7. The van der Waals surface area contributed by atoms with E-state index in [1.807, 2.05) is 24.3 Å². The Morgan fingerprint density at radius 3 is 2.46 bits per heavy atom. The fourth-order valence-corrected chi connectivity index (χ4v) is 4.00. The van der Waals surface area contributed by atoms with Gasteiger partial charge in [-0.2, -0.15) is 4.98 Å². The number of hydrogen-bond acceptors (Lipinski definition) is 7. The SMILES string of the molecule is CCc1cccc(CNC[C@H](O)[C@H](Cc2cc(F)cc(F)c2)NC(=O)c2coc(N(C)S(C)(=O)=O)n2)c1. The van der Waals surface area contributed by atoms with Crippen molar-refractivity contribution in [2.75, 3.05) is 24.2 Å². The van der Waals surface area contributed by atoms with E-state index >= 15 is 0 Å². The number of sulfonamides is 1. The number of aliphatic hydroxyl groups excluding tert-OH is 1. The molecule has 0 radical (unpaired) electrons. The largest absolute Gasteiger partial charge is 0.430 e. The van der Waals surface area contributed by atoms with Crippen molar-refractivity contribution < 1.29 is 31.5 Å². The van der Waals surface area contributed by atoms with E-state index in [0.29, 0.717) is 6.54 Å². The number of nitrogens with one attached hydrogen (secondary N) is 2. The van der Waals surface area contributed by atoms with Crippen molar-refractivity contribution in [3.05, 3.63) is 82.7 Å². The van der Waals surface area contributed by atoms with E-state index in [4.69, 9.17) is 4.42 Å². The molecule has 2 aromatic carbocycles. The molecule has 0 aliphatic carbocycles. The second kappa shape index (κ2) is 12.3. The number of aryl methyl sites for hydroxylation is 1. The minimum absolute atomic E-state index is 0.0694. The summed E-state index contributed by atoms with van der Waals surface area (Å²) in [5.74, 6) is -2.32.